The normalized spacial score (nSPS) is 13.2. The van der Waals surface area contributed by atoms with E-state index in [-0.39, 0.29) is 0 Å². The second-order valence-corrected chi connectivity index (χ2v) is 4.55. The highest BCUT2D eigenvalue weighted by Gasteiger charge is 2.17. The van der Waals surface area contributed by atoms with Crippen LogP contribution in [0, 0.1) is 11.8 Å². The summed E-state index contributed by atoms with van der Waals surface area (Å²) in [5.74, 6) is 5.93. The van der Waals surface area contributed by atoms with Crippen molar-refractivity contribution in [1.29, 1.82) is 0 Å². The number of rotatable bonds is 2. The van der Waals surface area contributed by atoms with Crippen LogP contribution in [0.1, 0.15) is 18.1 Å². The van der Waals surface area contributed by atoms with E-state index in [0.717, 1.165) is 11.1 Å². The molecule has 0 spiro atoms. The summed E-state index contributed by atoms with van der Waals surface area (Å²) in [5.41, 5.74) is 1.01. The predicted molar refractivity (Wildman–Crippen MR) is 74.1 cm³/mol. The molecule has 0 aromatic heterocycles. The number of hydrogen-bond acceptors (Lipinski definition) is 1. The lowest BCUT2D eigenvalue weighted by Crippen LogP contribution is -2.24. The van der Waals surface area contributed by atoms with Crippen LogP contribution in [0.3, 0.4) is 0 Å². The minimum absolute atomic E-state index is 0.535. The zero-order valence-electron chi connectivity index (χ0n) is 10.4. The van der Waals surface area contributed by atoms with Crippen molar-refractivity contribution in [3.05, 3.63) is 71.8 Å². The Morgan fingerprint density at radius 2 is 1.50 bits per heavy atom. The summed E-state index contributed by atoms with van der Waals surface area (Å²) < 4.78 is 0. The van der Waals surface area contributed by atoms with E-state index in [0.29, 0.717) is 6.42 Å². The van der Waals surface area contributed by atoms with Gasteiger partial charge in [0.2, 0.25) is 0 Å². The molecule has 0 fully saturated rings. The van der Waals surface area contributed by atoms with Gasteiger partial charge in [0, 0.05) is 12.0 Å². The topological polar surface area (TPSA) is 20.2 Å². The van der Waals surface area contributed by atoms with E-state index in [1.807, 2.05) is 60.7 Å². The average Bonchev–Trinajstić information content (AvgIpc) is 2.38. The first-order valence-electron chi connectivity index (χ1n) is 6.00. The highest BCUT2D eigenvalue weighted by Crippen LogP contribution is 2.12. The third-order valence-corrected chi connectivity index (χ3v) is 2.64. The van der Waals surface area contributed by atoms with Crippen LogP contribution in [-0.2, 0) is 6.42 Å². The maximum absolute atomic E-state index is 10.3. The van der Waals surface area contributed by atoms with Gasteiger partial charge in [-0.2, -0.15) is 0 Å². The van der Waals surface area contributed by atoms with Gasteiger partial charge in [0.25, 0.3) is 0 Å². The summed E-state index contributed by atoms with van der Waals surface area (Å²) in [4.78, 5) is 0. The van der Waals surface area contributed by atoms with E-state index in [9.17, 15) is 5.11 Å². The second-order valence-electron chi connectivity index (χ2n) is 4.55. The van der Waals surface area contributed by atoms with Gasteiger partial charge in [-0.3, -0.25) is 0 Å². The molecule has 2 aromatic carbocycles. The average molecular weight is 236 g/mol. The van der Waals surface area contributed by atoms with Gasteiger partial charge in [0.05, 0.1) is 0 Å². The van der Waals surface area contributed by atoms with Crippen molar-refractivity contribution >= 4 is 0 Å². The molecule has 1 nitrogen and oxygen atoms in total. The van der Waals surface area contributed by atoms with E-state index < -0.39 is 5.60 Å². The van der Waals surface area contributed by atoms with E-state index in [2.05, 4.69) is 11.8 Å². The summed E-state index contributed by atoms with van der Waals surface area (Å²) in [5, 5.41) is 10.3. The monoisotopic (exact) mass is 236 g/mol. The van der Waals surface area contributed by atoms with E-state index in [1.165, 1.54) is 0 Å². The molecule has 2 rings (SSSR count). The van der Waals surface area contributed by atoms with Crippen LogP contribution in [-0.4, -0.2) is 10.7 Å². The minimum atomic E-state index is -1.00. The fourth-order valence-corrected chi connectivity index (χ4v) is 1.77. The Morgan fingerprint density at radius 1 is 0.944 bits per heavy atom. The third-order valence-electron chi connectivity index (χ3n) is 2.64. The maximum atomic E-state index is 10.3. The molecule has 0 heterocycles. The first kappa shape index (κ1) is 12.4. The Labute approximate surface area is 108 Å². The van der Waals surface area contributed by atoms with Crippen LogP contribution in [0.4, 0.5) is 0 Å². The van der Waals surface area contributed by atoms with Crippen LogP contribution < -0.4 is 0 Å². The van der Waals surface area contributed by atoms with Crippen molar-refractivity contribution in [2.45, 2.75) is 18.9 Å². The number of benzene rings is 2. The Bertz CT molecular complexity index is 544. The molecular formula is C17H16O. The molecule has 0 radical (unpaired) electrons. The van der Waals surface area contributed by atoms with Gasteiger partial charge in [0.15, 0.2) is 0 Å². The van der Waals surface area contributed by atoms with E-state index in [1.54, 1.807) is 6.92 Å². The third kappa shape index (κ3) is 3.76. The first-order valence-corrected chi connectivity index (χ1v) is 6.00. The second kappa shape index (κ2) is 5.53. The summed E-state index contributed by atoms with van der Waals surface area (Å²) >= 11 is 0. The minimum Gasteiger partial charge on any atom is -0.378 e. The van der Waals surface area contributed by atoms with Crippen molar-refractivity contribution < 1.29 is 5.11 Å². The van der Waals surface area contributed by atoms with Crippen molar-refractivity contribution in [3.63, 3.8) is 0 Å². The summed E-state index contributed by atoms with van der Waals surface area (Å²) in [6.45, 7) is 1.75. The molecule has 0 saturated heterocycles. The smallest absolute Gasteiger partial charge is 0.127 e. The molecule has 1 unspecified atom stereocenters. The van der Waals surface area contributed by atoms with Crippen molar-refractivity contribution in [3.8, 4) is 11.8 Å². The van der Waals surface area contributed by atoms with Gasteiger partial charge in [-0.1, -0.05) is 60.4 Å². The largest absolute Gasteiger partial charge is 0.378 e. The van der Waals surface area contributed by atoms with Crippen LogP contribution >= 0.6 is 0 Å². The van der Waals surface area contributed by atoms with Gasteiger partial charge in [-0.25, -0.2) is 0 Å². The van der Waals surface area contributed by atoms with Gasteiger partial charge < -0.3 is 5.11 Å². The predicted octanol–water partition coefficient (Wildman–Crippen LogP) is 3.03. The van der Waals surface area contributed by atoms with Crippen LogP contribution in [0.25, 0.3) is 0 Å². The molecule has 0 aliphatic rings. The Hall–Kier alpha value is -2.04. The molecule has 1 heteroatoms. The fourth-order valence-electron chi connectivity index (χ4n) is 1.77. The van der Waals surface area contributed by atoms with E-state index in [4.69, 9.17) is 0 Å². The SMILES string of the molecule is CC(O)(C#Cc1ccccc1)Cc1ccccc1. The lowest BCUT2D eigenvalue weighted by molar-refractivity contribution is 0.123. The number of hydrogen-bond donors (Lipinski definition) is 1. The van der Waals surface area contributed by atoms with E-state index >= 15 is 0 Å². The standard InChI is InChI=1S/C17H16O/c1-17(18,14-16-10-6-3-7-11-16)13-12-15-8-4-2-5-9-15/h2-11,18H,14H2,1H3. The molecule has 0 saturated carbocycles. The lowest BCUT2D eigenvalue weighted by atomic mass is 9.97. The maximum Gasteiger partial charge on any atom is 0.127 e. The van der Waals surface area contributed by atoms with Crippen molar-refractivity contribution in [2.75, 3.05) is 0 Å². The van der Waals surface area contributed by atoms with Gasteiger partial charge in [-0.15, -0.1) is 0 Å². The molecule has 90 valence electrons. The molecule has 0 amide bonds. The molecule has 1 N–H and O–H groups in total. The van der Waals surface area contributed by atoms with Crippen LogP contribution in [0.15, 0.2) is 60.7 Å². The molecule has 0 bridgehead atoms. The zero-order valence-corrected chi connectivity index (χ0v) is 10.4. The molecule has 0 aliphatic heterocycles. The van der Waals surface area contributed by atoms with Crippen molar-refractivity contribution in [1.82, 2.24) is 0 Å². The quantitative estimate of drug-likeness (QED) is 0.795. The molecule has 1 atom stereocenters. The molecule has 0 aliphatic carbocycles. The molecular weight excluding hydrogens is 220 g/mol. The molecule has 18 heavy (non-hydrogen) atoms. The summed E-state index contributed by atoms with van der Waals surface area (Å²) in [6.07, 6.45) is 0.535. The first-order chi connectivity index (χ1) is 8.66. The Morgan fingerprint density at radius 3 is 2.11 bits per heavy atom. The van der Waals surface area contributed by atoms with Gasteiger partial charge >= 0.3 is 0 Å². The highest BCUT2D eigenvalue weighted by atomic mass is 16.3. The summed E-state index contributed by atoms with van der Waals surface area (Å²) in [6, 6.07) is 19.6. The van der Waals surface area contributed by atoms with Crippen LogP contribution in [0.2, 0.25) is 0 Å². The van der Waals surface area contributed by atoms with Gasteiger partial charge in [0.1, 0.15) is 5.60 Å². The highest BCUT2D eigenvalue weighted by molar-refractivity contribution is 5.36. The Balaban J connectivity index is 2.11. The zero-order chi connectivity index (χ0) is 12.8. The fraction of sp³-hybridized carbons (Fsp3) is 0.176. The number of aliphatic hydroxyl groups is 1. The van der Waals surface area contributed by atoms with Gasteiger partial charge in [-0.05, 0) is 24.6 Å². The Kier molecular flexibility index (Phi) is 3.82. The summed E-state index contributed by atoms with van der Waals surface area (Å²) in [7, 11) is 0. The van der Waals surface area contributed by atoms with Crippen molar-refractivity contribution in [2.24, 2.45) is 0 Å². The van der Waals surface area contributed by atoms with Crippen LogP contribution in [0.5, 0.6) is 0 Å². The lowest BCUT2D eigenvalue weighted by Gasteiger charge is -2.16. The molecule has 2 aromatic rings.